The summed E-state index contributed by atoms with van der Waals surface area (Å²) in [5.74, 6) is 1.49. The Labute approximate surface area is 171 Å². The molecule has 6 nitrogen and oxygen atoms in total. The second-order valence-electron chi connectivity index (χ2n) is 6.98. The highest BCUT2D eigenvalue weighted by atomic mass is 16.5. The molecule has 6 heteroatoms. The molecule has 2 aromatic carbocycles. The number of fused-ring (bicyclic) bond motifs is 2. The minimum atomic E-state index is 0.00513. The quantitative estimate of drug-likeness (QED) is 0.322. The first kappa shape index (κ1) is 21.1. The summed E-state index contributed by atoms with van der Waals surface area (Å²) in [5.41, 5.74) is 1.59. The van der Waals surface area contributed by atoms with Gasteiger partial charge in [-0.2, -0.15) is 0 Å². The predicted molar refractivity (Wildman–Crippen MR) is 119 cm³/mol. The maximum atomic E-state index is 13.0. The van der Waals surface area contributed by atoms with Gasteiger partial charge in [0.1, 0.15) is 11.5 Å². The van der Waals surface area contributed by atoms with Gasteiger partial charge in [-0.1, -0.05) is 13.8 Å². The molecule has 0 aliphatic rings. The summed E-state index contributed by atoms with van der Waals surface area (Å²) < 4.78 is 11.6. The second-order valence-corrected chi connectivity index (χ2v) is 6.98. The van der Waals surface area contributed by atoms with Crippen LogP contribution in [0.4, 0.5) is 0 Å². The Morgan fingerprint density at radius 3 is 2.07 bits per heavy atom. The topological polar surface area (TPSA) is 75.4 Å². The van der Waals surface area contributed by atoms with Gasteiger partial charge in [0, 0.05) is 16.8 Å². The molecule has 0 atom stereocenters. The van der Waals surface area contributed by atoms with Crippen LogP contribution in [0.3, 0.4) is 0 Å². The maximum absolute atomic E-state index is 13.0. The van der Waals surface area contributed by atoms with Crippen LogP contribution < -0.4 is 25.5 Å². The van der Waals surface area contributed by atoms with Crippen molar-refractivity contribution in [3.63, 3.8) is 0 Å². The van der Waals surface area contributed by atoms with Gasteiger partial charge in [0.05, 0.1) is 24.2 Å². The van der Waals surface area contributed by atoms with Gasteiger partial charge < -0.3 is 25.1 Å². The highest BCUT2D eigenvalue weighted by Crippen LogP contribution is 2.23. The van der Waals surface area contributed by atoms with Gasteiger partial charge in [-0.3, -0.25) is 4.79 Å². The van der Waals surface area contributed by atoms with Crippen LogP contribution in [0.2, 0.25) is 0 Å². The van der Waals surface area contributed by atoms with Crippen molar-refractivity contribution in [1.82, 2.24) is 15.6 Å². The molecule has 0 amide bonds. The minimum Gasteiger partial charge on any atom is -0.494 e. The van der Waals surface area contributed by atoms with Crippen LogP contribution in [0.25, 0.3) is 21.8 Å². The number of hydrogen-bond donors (Lipinski definition) is 3. The molecular weight excluding hydrogens is 366 g/mol. The van der Waals surface area contributed by atoms with E-state index in [9.17, 15) is 4.79 Å². The van der Waals surface area contributed by atoms with E-state index in [4.69, 9.17) is 9.47 Å². The fourth-order valence-electron chi connectivity index (χ4n) is 3.24. The smallest absolute Gasteiger partial charge is 0.197 e. The number of H-pyrrole nitrogens is 1. The Morgan fingerprint density at radius 2 is 1.41 bits per heavy atom. The monoisotopic (exact) mass is 397 g/mol. The molecule has 3 aromatic rings. The third kappa shape index (κ3) is 5.71. The molecule has 0 aliphatic carbocycles. The second kappa shape index (κ2) is 10.8. The maximum Gasteiger partial charge on any atom is 0.197 e. The molecule has 156 valence electrons. The van der Waals surface area contributed by atoms with Gasteiger partial charge in [-0.15, -0.1) is 0 Å². The lowest BCUT2D eigenvalue weighted by Gasteiger charge is -2.10. The summed E-state index contributed by atoms with van der Waals surface area (Å²) >= 11 is 0. The lowest BCUT2D eigenvalue weighted by Crippen LogP contribution is -2.16. The van der Waals surface area contributed by atoms with Crippen molar-refractivity contribution >= 4 is 21.8 Å². The number of benzene rings is 2. The Hall–Kier alpha value is -2.57. The first-order chi connectivity index (χ1) is 14.2. The molecule has 0 unspecified atom stereocenters. The number of rotatable bonds is 12. The molecule has 0 aliphatic heterocycles. The molecule has 0 radical (unpaired) electrons. The van der Waals surface area contributed by atoms with Crippen LogP contribution in [0.1, 0.15) is 26.7 Å². The Morgan fingerprint density at radius 1 is 0.793 bits per heavy atom. The van der Waals surface area contributed by atoms with E-state index in [1.165, 1.54) is 0 Å². The van der Waals surface area contributed by atoms with Gasteiger partial charge >= 0.3 is 0 Å². The highest BCUT2D eigenvalue weighted by molar-refractivity contribution is 5.93. The summed E-state index contributed by atoms with van der Waals surface area (Å²) in [6.45, 7) is 9.23. The lowest BCUT2D eigenvalue weighted by molar-refractivity contribution is 0.309. The summed E-state index contributed by atoms with van der Waals surface area (Å²) in [5, 5.41) is 7.84. The lowest BCUT2D eigenvalue weighted by atomic mass is 10.1. The van der Waals surface area contributed by atoms with Crippen molar-refractivity contribution in [3.05, 3.63) is 46.6 Å². The predicted octanol–water partition coefficient (Wildman–Crippen LogP) is 3.44. The third-order valence-corrected chi connectivity index (χ3v) is 4.77. The SMILES string of the molecule is CCNCCCOc1ccc2c(=O)c3cc(OCCCNCC)ccc3[nH]c2c1. The molecule has 0 spiro atoms. The van der Waals surface area contributed by atoms with Crippen LogP contribution in [0, 0.1) is 0 Å². The average Bonchev–Trinajstić information content (AvgIpc) is 2.74. The first-order valence-corrected chi connectivity index (χ1v) is 10.5. The molecule has 0 saturated carbocycles. The fraction of sp³-hybridized carbons (Fsp3) is 0.435. The Kier molecular flexibility index (Phi) is 7.90. The number of aromatic nitrogens is 1. The molecule has 0 saturated heterocycles. The molecule has 1 aromatic heterocycles. The van der Waals surface area contributed by atoms with Crippen LogP contribution in [0.5, 0.6) is 11.5 Å². The molecular formula is C23H31N3O3. The van der Waals surface area contributed by atoms with Crippen LogP contribution >= 0.6 is 0 Å². The number of hydrogen-bond acceptors (Lipinski definition) is 5. The minimum absolute atomic E-state index is 0.00513. The normalized spacial score (nSPS) is 11.2. The van der Waals surface area contributed by atoms with Crippen molar-refractivity contribution in [2.75, 3.05) is 39.4 Å². The average molecular weight is 398 g/mol. The van der Waals surface area contributed by atoms with E-state index in [2.05, 4.69) is 29.5 Å². The van der Waals surface area contributed by atoms with Crippen LogP contribution in [0.15, 0.2) is 41.2 Å². The van der Waals surface area contributed by atoms with Crippen molar-refractivity contribution in [3.8, 4) is 11.5 Å². The van der Waals surface area contributed by atoms with E-state index < -0.39 is 0 Å². The van der Waals surface area contributed by atoms with Gasteiger partial charge in [-0.05, 0) is 69.4 Å². The van der Waals surface area contributed by atoms with E-state index in [1.807, 2.05) is 36.4 Å². The molecule has 0 bridgehead atoms. The Balaban J connectivity index is 1.73. The number of aromatic amines is 1. The number of pyridine rings is 1. The number of nitrogens with one attached hydrogen (secondary N) is 3. The van der Waals surface area contributed by atoms with Gasteiger partial charge in [-0.25, -0.2) is 0 Å². The van der Waals surface area contributed by atoms with E-state index >= 15 is 0 Å². The molecule has 3 N–H and O–H groups in total. The van der Waals surface area contributed by atoms with Crippen molar-refractivity contribution in [2.45, 2.75) is 26.7 Å². The Bertz CT molecular complexity index is 984. The highest BCUT2D eigenvalue weighted by Gasteiger charge is 2.08. The molecule has 0 fully saturated rings. The van der Waals surface area contributed by atoms with Gasteiger partial charge in [0.2, 0.25) is 0 Å². The molecule has 1 heterocycles. The third-order valence-electron chi connectivity index (χ3n) is 4.77. The summed E-state index contributed by atoms with van der Waals surface area (Å²) in [4.78, 5) is 16.3. The first-order valence-electron chi connectivity index (χ1n) is 10.5. The standard InChI is InChI=1S/C23H31N3O3/c1-3-24-11-5-13-28-17-8-10-21-20(15-17)23(27)19-9-7-18(16-22(19)26-21)29-14-6-12-25-4-2/h7-10,15-16,24-25H,3-6,11-14H2,1-2H3,(H,26,27). The van der Waals surface area contributed by atoms with Crippen molar-refractivity contribution in [1.29, 1.82) is 0 Å². The van der Waals surface area contributed by atoms with Crippen molar-refractivity contribution in [2.24, 2.45) is 0 Å². The molecule has 3 rings (SSSR count). The fourth-order valence-corrected chi connectivity index (χ4v) is 3.24. The zero-order valence-corrected chi connectivity index (χ0v) is 17.3. The van der Waals surface area contributed by atoms with E-state index in [0.29, 0.717) is 24.0 Å². The van der Waals surface area contributed by atoms with E-state index in [1.54, 1.807) is 0 Å². The zero-order valence-electron chi connectivity index (χ0n) is 17.3. The summed E-state index contributed by atoms with van der Waals surface area (Å²) in [6.07, 6.45) is 1.87. The largest absolute Gasteiger partial charge is 0.494 e. The van der Waals surface area contributed by atoms with Gasteiger partial charge in [0.25, 0.3) is 0 Å². The van der Waals surface area contributed by atoms with Crippen LogP contribution in [-0.4, -0.2) is 44.4 Å². The number of ether oxygens (including phenoxy) is 2. The van der Waals surface area contributed by atoms with Gasteiger partial charge in [0.15, 0.2) is 5.43 Å². The van der Waals surface area contributed by atoms with Crippen molar-refractivity contribution < 1.29 is 9.47 Å². The zero-order chi connectivity index (χ0) is 20.5. The van der Waals surface area contributed by atoms with E-state index in [-0.39, 0.29) is 5.43 Å². The summed E-state index contributed by atoms with van der Waals surface area (Å²) in [6, 6.07) is 11.2. The van der Waals surface area contributed by atoms with Crippen LogP contribution in [-0.2, 0) is 0 Å². The summed E-state index contributed by atoms with van der Waals surface area (Å²) in [7, 11) is 0. The van der Waals surface area contributed by atoms with E-state index in [0.717, 1.165) is 61.6 Å². The molecule has 29 heavy (non-hydrogen) atoms.